The number of nitrogens with one attached hydrogen (secondary N) is 1. The monoisotopic (exact) mass is 397 g/mol. The molecule has 1 aromatic carbocycles. The number of benzene rings is 1. The summed E-state index contributed by atoms with van der Waals surface area (Å²) in [5, 5.41) is 3.94. The molecule has 9 nitrogen and oxygen atoms in total. The molecule has 0 aliphatic carbocycles. The summed E-state index contributed by atoms with van der Waals surface area (Å²) >= 11 is 0. The number of hydrogen-bond donors (Lipinski definition) is 2. The molecule has 2 heterocycles. The van der Waals surface area contributed by atoms with Crippen LogP contribution in [0.5, 0.6) is 0 Å². The Bertz CT molecular complexity index is 1140. The van der Waals surface area contributed by atoms with Crippen LogP contribution in [0.4, 0.5) is 11.5 Å². The highest BCUT2D eigenvalue weighted by atomic mass is 16.5. The lowest BCUT2D eigenvalue weighted by Gasteiger charge is -2.19. The summed E-state index contributed by atoms with van der Waals surface area (Å²) in [5.74, 6) is -0.719. The zero-order chi connectivity index (χ0) is 21.1. The van der Waals surface area contributed by atoms with Gasteiger partial charge in [-0.1, -0.05) is 48.3 Å². The predicted octanol–water partition coefficient (Wildman–Crippen LogP) is 2.16. The van der Waals surface area contributed by atoms with E-state index in [9.17, 15) is 14.4 Å². The Morgan fingerprint density at radius 2 is 1.97 bits per heavy atom. The minimum atomic E-state index is -0.741. The molecule has 152 valence electrons. The minimum Gasteiger partial charge on any atom is -0.383 e. The summed E-state index contributed by atoms with van der Waals surface area (Å²) in [6.45, 7) is 4.28. The number of hydrogen-bond acceptors (Lipinski definition) is 6. The van der Waals surface area contributed by atoms with Crippen LogP contribution < -0.4 is 21.9 Å². The van der Waals surface area contributed by atoms with E-state index < -0.39 is 17.2 Å². The molecule has 0 atom stereocenters. The van der Waals surface area contributed by atoms with Crippen molar-refractivity contribution in [2.45, 2.75) is 33.2 Å². The first-order chi connectivity index (χ1) is 13.8. The van der Waals surface area contributed by atoms with Crippen molar-refractivity contribution < 1.29 is 9.32 Å². The number of aryl methyl sites for hydroxylation is 1. The van der Waals surface area contributed by atoms with Crippen LogP contribution in [0, 0.1) is 6.92 Å². The maximum Gasteiger partial charge on any atom is 0.330 e. The topological polar surface area (TPSA) is 127 Å². The van der Waals surface area contributed by atoms with Gasteiger partial charge in [0.25, 0.3) is 11.5 Å². The van der Waals surface area contributed by atoms with E-state index in [0.29, 0.717) is 18.7 Å². The molecule has 0 aliphatic rings. The summed E-state index contributed by atoms with van der Waals surface area (Å²) in [4.78, 5) is 40.5. The van der Waals surface area contributed by atoms with E-state index in [-0.39, 0.29) is 17.3 Å². The zero-order valence-corrected chi connectivity index (χ0v) is 16.6. The number of amides is 1. The largest absolute Gasteiger partial charge is 0.383 e. The summed E-state index contributed by atoms with van der Waals surface area (Å²) in [6.07, 6.45) is 1.55. The Hall–Kier alpha value is -3.62. The van der Waals surface area contributed by atoms with Crippen LogP contribution in [0.3, 0.4) is 0 Å². The Balaban J connectivity index is 1.94. The maximum atomic E-state index is 12.9. The third-order valence-corrected chi connectivity index (χ3v) is 4.66. The molecular weight excluding hydrogens is 374 g/mol. The number of carbonyl (C=O) groups excluding carboxylic acids is 1. The van der Waals surface area contributed by atoms with Crippen LogP contribution in [0.1, 0.15) is 35.9 Å². The third kappa shape index (κ3) is 3.98. The number of unbranched alkanes of at least 4 members (excludes halogenated alkanes) is 1. The number of nitrogens with zero attached hydrogens (tertiary/aromatic N) is 3. The van der Waals surface area contributed by atoms with E-state index in [1.165, 1.54) is 17.7 Å². The average Bonchev–Trinajstić information content (AvgIpc) is 3.17. The number of H-pyrrole nitrogens is 1. The molecule has 0 fully saturated rings. The van der Waals surface area contributed by atoms with Gasteiger partial charge in [0, 0.05) is 25.2 Å². The van der Waals surface area contributed by atoms with Crippen LogP contribution >= 0.6 is 0 Å². The van der Waals surface area contributed by atoms with Crippen molar-refractivity contribution in [3.05, 3.63) is 62.5 Å². The van der Waals surface area contributed by atoms with Gasteiger partial charge in [-0.15, -0.1) is 0 Å². The van der Waals surface area contributed by atoms with Gasteiger partial charge < -0.3 is 15.2 Å². The molecule has 0 saturated carbocycles. The van der Waals surface area contributed by atoms with Gasteiger partial charge >= 0.3 is 5.69 Å². The normalized spacial score (nSPS) is 10.9. The summed E-state index contributed by atoms with van der Waals surface area (Å²) in [5.41, 5.74) is 6.99. The van der Waals surface area contributed by atoms with Gasteiger partial charge in [0.2, 0.25) is 5.76 Å². The maximum absolute atomic E-state index is 12.9. The van der Waals surface area contributed by atoms with E-state index in [0.717, 1.165) is 22.4 Å². The summed E-state index contributed by atoms with van der Waals surface area (Å²) in [7, 11) is 1.39. The fraction of sp³-hybridized carbons (Fsp3) is 0.300. The van der Waals surface area contributed by atoms with Crippen molar-refractivity contribution in [2.24, 2.45) is 0 Å². The van der Waals surface area contributed by atoms with Crippen molar-refractivity contribution in [2.75, 3.05) is 17.7 Å². The fourth-order valence-electron chi connectivity index (χ4n) is 2.94. The average molecular weight is 397 g/mol. The second-order valence-electron chi connectivity index (χ2n) is 6.80. The van der Waals surface area contributed by atoms with E-state index >= 15 is 0 Å². The molecule has 0 bridgehead atoms. The van der Waals surface area contributed by atoms with Crippen molar-refractivity contribution in [1.29, 1.82) is 0 Å². The van der Waals surface area contributed by atoms with E-state index in [2.05, 4.69) is 10.1 Å². The van der Waals surface area contributed by atoms with Gasteiger partial charge in [-0.25, -0.2) is 4.79 Å². The van der Waals surface area contributed by atoms with E-state index in [1.54, 1.807) is 0 Å². The molecule has 3 N–H and O–H groups in total. The lowest BCUT2D eigenvalue weighted by Crippen LogP contribution is -2.39. The van der Waals surface area contributed by atoms with Crippen molar-refractivity contribution in [3.8, 4) is 11.3 Å². The molecular formula is C20H23N5O4. The Kier molecular flexibility index (Phi) is 5.67. The Morgan fingerprint density at radius 3 is 2.62 bits per heavy atom. The highest BCUT2D eigenvalue weighted by Gasteiger charge is 2.25. The second-order valence-corrected chi connectivity index (χ2v) is 6.80. The van der Waals surface area contributed by atoms with Gasteiger partial charge in [0.15, 0.2) is 5.69 Å². The lowest BCUT2D eigenvalue weighted by atomic mass is 10.1. The molecule has 0 saturated heterocycles. The quantitative estimate of drug-likeness (QED) is 0.656. The van der Waals surface area contributed by atoms with Crippen molar-refractivity contribution in [3.63, 3.8) is 0 Å². The minimum absolute atomic E-state index is 0.0480. The van der Waals surface area contributed by atoms with Gasteiger partial charge in [0.1, 0.15) is 11.5 Å². The molecule has 0 aliphatic heterocycles. The summed E-state index contributed by atoms with van der Waals surface area (Å²) < 4.78 is 6.44. The SMILES string of the molecule is CCCCn1c(N)c(N(C)C(=O)c2cc(-c3ccc(C)cc3)no2)c(=O)[nH]c1=O. The van der Waals surface area contributed by atoms with Gasteiger partial charge in [-0.3, -0.25) is 19.1 Å². The first-order valence-electron chi connectivity index (χ1n) is 9.28. The van der Waals surface area contributed by atoms with Crippen LogP contribution in [0.2, 0.25) is 0 Å². The highest BCUT2D eigenvalue weighted by Crippen LogP contribution is 2.22. The molecule has 0 radical (unpaired) electrons. The second kappa shape index (κ2) is 8.17. The van der Waals surface area contributed by atoms with Crippen LogP contribution in [-0.4, -0.2) is 27.7 Å². The van der Waals surface area contributed by atoms with Gasteiger partial charge in [-0.05, 0) is 13.3 Å². The molecule has 0 unspecified atom stereocenters. The third-order valence-electron chi connectivity index (χ3n) is 4.66. The fourth-order valence-corrected chi connectivity index (χ4v) is 2.94. The van der Waals surface area contributed by atoms with E-state index in [1.807, 2.05) is 38.1 Å². The van der Waals surface area contributed by atoms with Crippen LogP contribution in [0.25, 0.3) is 11.3 Å². The Labute approximate surface area is 166 Å². The predicted molar refractivity (Wildman–Crippen MR) is 110 cm³/mol. The molecule has 1 amide bonds. The first kappa shape index (κ1) is 20.1. The van der Waals surface area contributed by atoms with Crippen molar-refractivity contribution in [1.82, 2.24) is 14.7 Å². The van der Waals surface area contributed by atoms with Gasteiger partial charge in [0.05, 0.1) is 0 Å². The lowest BCUT2D eigenvalue weighted by molar-refractivity contribution is 0.0957. The van der Waals surface area contributed by atoms with Crippen molar-refractivity contribution >= 4 is 17.4 Å². The number of nitrogen functional groups attached to an aromatic ring is 1. The molecule has 29 heavy (non-hydrogen) atoms. The standard InChI is InChI=1S/C20H23N5O4/c1-4-5-10-25-17(21)16(18(26)22-20(25)28)24(3)19(27)15-11-14(23-29-15)13-8-6-12(2)7-9-13/h6-9,11H,4-5,10,21H2,1-3H3,(H,22,26,28). The Morgan fingerprint density at radius 1 is 1.28 bits per heavy atom. The number of nitrogens with two attached hydrogens (primary N) is 1. The molecule has 0 spiro atoms. The number of rotatable bonds is 6. The van der Waals surface area contributed by atoms with E-state index in [4.69, 9.17) is 10.3 Å². The smallest absolute Gasteiger partial charge is 0.330 e. The molecule has 3 aromatic rings. The number of anilines is 2. The first-order valence-corrected chi connectivity index (χ1v) is 9.28. The van der Waals surface area contributed by atoms with Crippen LogP contribution in [-0.2, 0) is 6.54 Å². The highest BCUT2D eigenvalue weighted by molar-refractivity contribution is 6.05. The summed E-state index contributed by atoms with van der Waals surface area (Å²) in [6, 6.07) is 9.10. The number of aromatic nitrogens is 3. The molecule has 2 aromatic heterocycles. The number of aromatic amines is 1. The van der Waals surface area contributed by atoms with Crippen LogP contribution in [0.15, 0.2) is 44.4 Å². The molecule has 3 rings (SSSR count). The zero-order valence-electron chi connectivity index (χ0n) is 16.6. The number of carbonyl (C=O) groups is 1. The molecule has 9 heteroatoms. The van der Waals surface area contributed by atoms with Gasteiger partial charge in [-0.2, -0.15) is 0 Å².